The zero-order chi connectivity index (χ0) is 16.2. The molecule has 2 aromatic rings. The third-order valence-corrected chi connectivity index (χ3v) is 4.23. The summed E-state index contributed by atoms with van der Waals surface area (Å²) in [5.74, 6) is 2.25. The maximum atomic E-state index is 12.7. The van der Waals surface area contributed by atoms with Crippen molar-refractivity contribution in [2.24, 2.45) is 5.92 Å². The molecule has 23 heavy (non-hydrogen) atoms. The quantitative estimate of drug-likeness (QED) is 0.944. The molecule has 5 nitrogen and oxygen atoms in total. The number of rotatable bonds is 4. The van der Waals surface area contributed by atoms with Crippen molar-refractivity contribution in [1.82, 2.24) is 20.1 Å². The van der Waals surface area contributed by atoms with E-state index in [9.17, 15) is 4.79 Å². The molecule has 2 heterocycles. The number of nitrogens with zero attached hydrogens (tertiary/aromatic N) is 3. The van der Waals surface area contributed by atoms with Crippen molar-refractivity contribution in [2.75, 3.05) is 6.54 Å². The van der Waals surface area contributed by atoms with Crippen molar-refractivity contribution >= 4 is 5.91 Å². The predicted octanol–water partition coefficient (Wildman–Crippen LogP) is 2.98. The lowest BCUT2D eigenvalue weighted by atomic mass is 10.1. The van der Waals surface area contributed by atoms with Gasteiger partial charge in [0.1, 0.15) is 11.9 Å². The van der Waals surface area contributed by atoms with E-state index < -0.39 is 0 Å². The van der Waals surface area contributed by atoms with Gasteiger partial charge in [0.2, 0.25) is 5.91 Å². The van der Waals surface area contributed by atoms with Gasteiger partial charge in [-0.2, -0.15) is 0 Å². The molecule has 1 aromatic heterocycles. The molecular formula is C18H24N4O. The smallest absolute Gasteiger partial charge is 0.243 e. The van der Waals surface area contributed by atoms with Crippen LogP contribution >= 0.6 is 0 Å². The summed E-state index contributed by atoms with van der Waals surface area (Å²) in [6.45, 7) is 4.91. The third kappa shape index (κ3) is 3.44. The number of aromatic nitrogens is 3. The SMILES string of the molecule is CC(C)CNC(=O)C1CCCCc2nnc(-c3ccccc3)n21. The number of amides is 1. The standard InChI is InChI=1S/C18H24N4O/c1-13(2)12-19-18(23)15-10-6-7-11-16-20-21-17(22(15)16)14-8-4-3-5-9-14/h3-5,8-9,13,15H,6-7,10-12H2,1-2H3,(H,19,23). The third-order valence-electron chi connectivity index (χ3n) is 4.23. The van der Waals surface area contributed by atoms with Crippen LogP contribution in [0.3, 0.4) is 0 Å². The fourth-order valence-corrected chi connectivity index (χ4v) is 3.03. The van der Waals surface area contributed by atoms with E-state index in [4.69, 9.17) is 0 Å². The summed E-state index contributed by atoms with van der Waals surface area (Å²) in [7, 11) is 0. The summed E-state index contributed by atoms with van der Waals surface area (Å²) in [4.78, 5) is 12.7. The highest BCUT2D eigenvalue weighted by Gasteiger charge is 2.28. The Bertz CT molecular complexity index is 663. The number of aryl methyl sites for hydroxylation is 1. The highest BCUT2D eigenvalue weighted by molar-refractivity contribution is 5.81. The van der Waals surface area contributed by atoms with Gasteiger partial charge in [0, 0.05) is 18.5 Å². The van der Waals surface area contributed by atoms with Crippen molar-refractivity contribution in [3.63, 3.8) is 0 Å². The molecule has 1 N–H and O–H groups in total. The molecular weight excluding hydrogens is 288 g/mol. The van der Waals surface area contributed by atoms with Gasteiger partial charge in [-0.15, -0.1) is 10.2 Å². The molecule has 1 atom stereocenters. The number of carbonyl (C=O) groups excluding carboxylic acids is 1. The van der Waals surface area contributed by atoms with Crippen LogP contribution in [0.2, 0.25) is 0 Å². The normalized spacial score (nSPS) is 17.6. The Hall–Kier alpha value is -2.17. The van der Waals surface area contributed by atoms with E-state index in [0.717, 1.165) is 42.9 Å². The molecule has 5 heteroatoms. The largest absolute Gasteiger partial charge is 0.354 e. The summed E-state index contributed by atoms with van der Waals surface area (Å²) < 4.78 is 2.05. The molecule has 1 aliphatic heterocycles. The minimum absolute atomic E-state index is 0.0823. The van der Waals surface area contributed by atoms with Crippen molar-refractivity contribution in [3.8, 4) is 11.4 Å². The van der Waals surface area contributed by atoms with E-state index in [0.29, 0.717) is 12.5 Å². The van der Waals surface area contributed by atoms with Gasteiger partial charge in [0.15, 0.2) is 5.82 Å². The second-order valence-electron chi connectivity index (χ2n) is 6.58. The first-order chi connectivity index (χ1) is 11.2. The Kier molecular flexibility index (Phi) is 4.74. The summed E-state index contributed by atoms with van der Waals surface area (Å²) in [6.07, 6.45) is 3.82. The van der Waals surface area contributed by atoms with Crippen LogP contribution in [0.5, 0.6) is 0 Å². The van der Waals surface area contributed by atoms with Crippen LogP contribution in [-0.4, -0.2) is 27.2 Å². The number of hydrogen-bond acceptors (Lipinski definition) is 3. The first-order valence-corrected chi connectivity index (χ1v) is 8.43. The summed E-state index contributed by atoms with van der Waals surface area (Å²) in [5.41, 5.74) is 1.01. The number of fused-ring (bicyclic) bond motifs is 1. The minimum atomic E-state index is -0.212. The van der Waals surface area contributed by atoms with Gasteiger partial charge >= 0.3 is 0 Å². The second kappa shape index (κ2) is 6.94. The molecule has 1 aromatic carbocycles. The highest BCUT2D eigenvalue weighted by Crippen LogP contribution is 2.29. The average Bonchev–Trinajstić information content (AvgIpc) is 2.86. The number of hydrogen-bond donors (Lipinski definition) is 1. The molecule has 0 saturated heterocycles. The Morgan fingerprint density at radius 2 is 2.04 bits per heavy atom. The number of benzene rings is 1. The van der Waals surface area contributed by atoms with Crippen LogP contribution in [0.1, 0.15) is 45.0 Å². The molecule has 0 radical (unpaired) electrons. The zero-order valence-corrected chi connectivity index (χ0v) is 13.8. The number of nitrogens with one attached hydrogen (secondary N) is 1. The summed E-state index contributed by atoms with van der Waals surface area (Å²) in [6, 6.07) is 9.78. The molecule has 1 unspecified atom stereocenters. The molecule has 1 amide bonds. The van der Waals surface area contributed by atoms with Crippen LogP contribution in [0.25, 0.3) is 11.4 Å². The van der Waals surface area contributed by atoms with Crippen LogP contribution in [-0.2, 0) is 11.2 Å². The first kappa shape index (κ1) is 15.7. The predicted molar refractivity (Wildman–Crippen MR) is 89.9 cm³/mol. The van der Waals surface area contributed by atoms with Crippen molar-refractivity contribution in [3.05, 3.63) is 36.2 Å². The van der Waals surface area contributed by atoms with Crippen molar-refractivity contribution in [2.45, 2.75) is 45.6 Å². The van der Waals surface area contributed by atoms with Gasteiger partial charge in [0.05, 0.1) is 0 Å². The Morgan fingerprint density at radius 3 is 2.78 bits per heavy atom. The van der Waals surface area contributed by atoms with Crippen LogP contribution in [0, 0.1) is 5.92 Å². The Morgan fingerprint density at radius 1 is 1.26 bits per heavy atom. The summed E-state index contributed by atoms with van der Waals surface area (Å²) >= 11 is 0. The maximum Gasteiger partial charge on any atom is 0.243 e. The molecule has 1 aliphatic rings. The van der Waals surface area contributed by atoms with Gasteiger partial charge in [0.25, 0.3) is 0 Å². The molecule has 0 aliphatic carbocycles. The fraction of sp³-hybridized carbons (Fsp3) is 0.500. The van der Waals surface area contributed by atoms with E-state index in [1.54, 1.807) is 0 Å². The van der Waals surface area contributed by atoms with Crippen LogP contribution < -0.4 is 5.32 Å². The second-order valence-corrected chi connectivity index (χ2v) is 6.58. The van der Waals surface area contributed by atoms with E-state index in [1.165, 1.54) is 0 Å². The first-order valence-electron chi connectivity index (χ1n) is 8.43. The van der Waals surface area contributed by atoms with Crippen molar-refractivity contribution in [1.29, 1.82) is 0 Å². The van der Waals surface area contributed by atoms with Crippen molar-refractivity contribution < 1.29 is 4.79 Å². The average molecular weight is 312 g/mol. The van der Waals surface area contributed by atoms with E-state index in [1.807, 2.05) is 30.3 Å². The topological polar surface area (TPSA) is 59.8 Å². The highest BCUT2D eigenvalue weighted by atomic mass is 16.2. The summed E-state index contributed by atoms with van der Waals surface area (Å²) in [5, 5.41) is 11.8. The van der Waals surface area contributed by atoms with Gasteiger partial charge in [-0.05, 0) is 18.8 Å². The monoisotopic (exact) mass is 312 g/mol. The molecule has 0 spiro atoms. The van der Waals surface area contributed by atoms with Gasteiger partial charge in [-0.25, -0.2) is 0 Å². The molecule has 3 rings (SSSR count). The van der Waals surface area contributed by atoms with E-state index >= 15 is 0 Å². The Balaban J connectivity index is 1.95. The van der Waals surface area contributed by atoms with E-state index in [2.05, 4.69) is 33.9 Å². The van der Waals surface area contributed by atoms with Crippen LogP contribution in [0.4, 0.5) is 0 Å². The molecule has 0 bridgehead atoms. The minimum Gasteiger partial charge on any atom is -0.354 e. The van der Waals surface area contributed by atoms with Gasteiger partial charge < -0.3 is 5.32 Å². The molecule has 0 fully saturated rings. The zero-order valence-electron chi connectivity index (χ0n) is 13.8. The van der Waals surface area contributed by atoms with Gasteiger partial charge in [-0.1, -0.05) is 50.6 Å². The number of carbonyl (C=O) groups is 1. The Labute approximate surface area is 137 Å². The van der Waals surface area contributed by atoms with Crippen LogP contribution in [0.15, 0.2) is 30.3 Å². The lowest BCUT2D eigenvalue weighted by Gasteiger charge is -2.20. The molecule has 0 saturated carbocycles. The van der Waals surface area contributed by atoms with E-state index in [-0.39, 0.29) is 11.9 Å². The molecule has 122 valence electrons. The maximum absolute atomic E-state index is 12.7. The fourth-order valence-electron chi connectivity index (χ4n) is 3.03. The van der Waals surface area contributed by atoms with Gasteiger partial charge in [-0.3, -0.25) is 9.36 Å². The lowest BCUT2D eigenvalue weighted by Crippen LogP contribution is -2.35. The lowest BCUT2D eigenvalue weighted by molar-refractivity contribution is -0.124.